The highest BCUT2D eigenvalue weighted by Gasteiger charge is 2.16. The van der Waals surface area contributed by atoms with Crippen LogP contribution in [0.15, 0.2) is 51.7 Å². The summed E-state index contributed by atoms with van der Waals surface area (Å²) in [5, 5.41) is 11.2. The van der Waals surface area contributed by atoms with Gasteiger partial charge in [-0.1, -0.05) is 29.8 Å². The van der Waals surface area contributed by atoms with Crippen LogP contribution in [0, 0.1) is 0 Å². The summed E-state index contributed by atoms with van der Waals surface area (Å²) >= 11 is 6.06. The van der Waals surface area contributed by atoms with Gasteiger partial charge in [-0.15, -0.1) is 0 Å². The van der Waals surface area contributed by atoms with E-state index in [1.54, 1.807) is 42.5 Å². The first kappa shape index (κ1) is 13.5. The lowest BCUT2D eigenvalue weighted by Crippen LogP contribution is -2.03. The minimum absolute atomic E-state index is 0.0817. The van der Waals surface area contributed by atoms with Crippen LogP contribution in [0.25, 0.3) is 22.1 Å². The number of rotatable bonds is 2. The Morgan fingerprint density at radius 3 is 2.67 bits per heavy atom. The molecular formula is C16H11ClO4. The van der Waals surface area contributed by atoms with Gasteiger partial charge in [0.15, 0.2) is 0 Å². The molecular weight excluding hydrogens is 292 g/mol. The molecule has 0 bridgehead atoms. The van der Waals surface area contributed by atoms with Crippen LogP contribution in [0.1, 0.15) is 0 Å². The summed E-state index contributed by atoms with van der Waals surface area (Å²) in [6, 6.07) is 11.6. The molecule has 0 fully saturated rings. The van der Waals surface area contributed by atoms with E-state index in [1.165, 1.54) is 7.11 Å². The molecule has 0 aliphatic heterocycles. The van der Waals surface area contributed by atoms with Crippen LogP contribution in [-0.4, -0.2) is 12.2 Å². The van der Waals surface area contributed by atoms with E-state index in [4.69, 9.17) is 20.8 Å². The Balaban J connectivity index is 2.30. The van der Waals surface area contributed by atoms with Crippen molar-refractivity contribution in [2.24, 2.45) is 0 Å². The van der Waals surface area contributed by atoms with E-state index in [2.05, 4.69) is 0 Å². The molecule has 3 aromatic rings. The highest BCUT2D eigenvalue weighted by molar-refractivity contribution is 6.32. The van der Waals surface area contributed by atoms with Gasteiger partial charge in [0.2, 0.25) is 0 Å². The number of benzene rings is 2. The predicted octanol–water partition coefficient (Wildman–Crippen LogP) is 3.83. The van der Waals surface area contributed by atoms with Crippen molar-refractivity contribution in [2.75, 3.05) is 7.11 Å². The van der Waals surface area contributed by atoms with Gasteiger partial charge in [0, 0.05) is 0 Å². The number of para-hydroxylation sites is 1. The second-order valence-corrected chi connectivity index (χ2v) is 4.87. The molecule has 0 saturated carbocycles. The normalized spacial score (nSPS) is 10.8. The monoisotopic (exact) mass is 302 g/mol. The van der Waals surface area contributed by atoms with Crippen molar-refractivity contribution in [3.05, 3.63) is 57.9 Å². The maximum Gasteiger partial charge on any atom is 0.347 e. The number of ether oxygens (including phenoxy) is 1. The molecule has 0 unspecified atom stereocenters. The van der Waals surface area contributed by atoms with Crippen LogP contribution in [-0.2, 0) is 0 Å². The summed E-state index contributed by atoms with van der Waals surface area (Å²) in [5.74, 6) is 0.369. The summed E-state index contributed by atoms with van der Waals surface area (Å²) in [6.07, 6.45) is 0. The molecule has 0 aliphatic rings. The number of hydrogen-bond acceptors (Lipinski definition) is 4. The number of halogens is 1. The number of fused-ring (bicyclic) bond motifs is 1. The zero-order valence-corrected chi connectivity index (χ0v) is 11.8. The van der Waals surface area contributed by atoms with Crippen LogP contribution < -0.4 is 10.4 Å². The van der Waals surface area contributed by atoms with E-state index < -0.39 is 5.63 Å². The molecule has 21 heavy (non-hydrogen) atoms. The van der Waals surface area contributed by atoms with Crippen molar-refractivity contribution < 1.29 is 14.3 Å². The van der Waals surface area contributed by atoms with Crippen molar-refractivity contribution in [3.8, 4) is 22.6 Å². The average molecular weight is 303 g/mol. The third kappa shape index (κ3) is 2.23. The molecule has 0 amide bonds. The Labute approximate surface area is 125 Å². The molecule has 0 spiro atoms. The Bertz CT molecular complexity index is 883. The molecule has 1 aromatic heterocycles. The Morgan fingerprint density at radius 1 is 1.19 bits per heavy atom. The van der Waals surface area contributed by atoms with Gasteiger partial charge in [-0.25, -0.2) is 4.79 Å². The zero-order valence-electron chi connectivity index (χ0n) is 11.1. The van der Waals surface area contributed by atoms with E-state index in [-0.39, 0.29) is 11.3 Å². The smallest absolute Gasteiger partial charge is 0.347 e. The van der Waals surface area contributed by atoms with Gasteiger partial charge in [-0.05, 0) is 29.8 Å². The van der Waals surface area contributed by atoms with Crippen LogP contribution in [0.5, 0.6) is 11.5 Å². The second-order valence-electron chi connectivity index (χ2n) is 4.46. The first-order chi connectivity index (χ1) is 10.1. The van der Waals surface area contributed by atoms with Crippen molar-refractivity contribution in [1.82, 2.24) is 0 Å². The second kappa shape index (κ2) is 5.14. The maximum atomic E-state index is 12.1. The molecule has 1 N–H and O–H groups in total. The first-order valence-corrected chi connectivity index (χ1v) is 6.58. The molecule has 2 aromatic carbocycles. The number of methoxy groups -OCH3 is 1. The van der Waals surface area contributed by atoms with Gasteiger partial charge in [-0.3, -0.25) is 0 Å². The van der Waals surface area contributed by atoms with Gasteiger partial charge in [0.25, 0.3) is 0 Å². The Hall–Kier alpha value is -2.46. The molecule has 0 atom stereocenters. The van der Waals surface area contributed by atoms with E-state index in [0.717, 1.165) is 0 Å². The van der Waals surface area contributed by atoms with E-state index >= 15 is 0 Å². The minimum atomic E-state index is -0.618. The standard InChI is InChI=1S/C16H11ClO4/c1-20-13-7-6-9(8-11(13)17)14-15(18)10-4-2-3-5-12(10)21-16(14)19/h2-8,18H,1H3. The zero-order chi connectivity index (χ0) is 15.0. The van der Waals surface area contributed by atoms with Gasteiger partial charge in [0.05, 0.1) is 17.5 Å². The van der Waals surface area contributed by atoms with Gasteiger partial charge in [-0.2, -0.15) is 0 Å². The number of aromatic hydroxyl groups is 1. The molecule has 3 rings (SSSR count). The summed E-state index contributed by atoms with van der Waals surface area (Å²) in [4.78, 5) is 12.1. The molecule has 1 heterocycles. The topological polar surface area (TPSA) is 59.7 Å². The molecule has 106 valence electrons. The largest absolute Gasteiger partial charge is 0.506 e. The lowest BCUT2D eigenvalue weighted by Gasteiger charge is -2.08. The Morgan fingerprint density at radius 2 is 1.95 bits per heavy atom. The molecule has 0 radical (unpaired) electrons. The fraction of sp³-hybridized carbons (Fsp3) is 0.0625. The quantitative estimate of drug-likeness (QED) is 0.731. The molecule has 0 saturated heterocycles. The van der Waals surface area contributed by atoms with Crippen molar-refractivity contribution in [2.45, 2.75) is 0 Å². The first-order valence-electron chi connectivity index (χ1n) is 6.20. The lowest BCUT2D eigenvalue weighted by molar-refractivity contribution is 0.415. The fourth-order valence-corrected chi connectivity index (χ4v) is 2.47. The maximum absolute atomic E-state index is 12.1. The third-order valence-corrected chi connectivity index (χ3v) is 3.52. The van der Waals surface area contributed by atoms with Crippen molar-refractivity contribution >= 4 is 22.6 Å². The van der Waals surface area contributed by atoms with Crippen molar-refractivity contribution in [3.63, 3.8) is 0 Å². The highest BCUT2D eigenvalue weighted by Crippen LogP contribution is 2.36. The van der Waals surface area contributed by atoms with Crippen LogP contribution in [0.3, 0.4) is 0 Å². The van der Waals surface area contributed by atoms with Crippen LogP contribution in [0.2, 0.25) is 5.02 Å². The summed E-state index contributed by atoms with van der Waals surface area (Å²) in [5.41, 5.74) is 0.270. The average Bonchev–Trinajstić information content (AvgIpc) is 2.47. The van der Waals surface area contributed by atoms with Crippen molar-refractivity contribution in [1.29, 1.82) is 0 Å². The van der Waals surface area contributed by atoms with Crippen LogP contribution >= 0.6 is 11.6 Å². The van der Waals surface area contributed by atoms with Gasteiger partial charge in [0.1, 0.15) is 22.6 Å². The Kier molecular flexibility index (Phi) is 3.31. The predicted molar refractivity (Wildman–Crippen MR) is 81.1 cm³/mol. The molecule has 0 aliphatic carbocycles. The van der Waals surface area contributed by atoms with Crippen LogP contribution in [0.4, 0.5) is 0 Å². The minimum Gasteiger partial charge on any atom is -0.506 e. The molecule has 4 nitrogen and oxygen atoms in total. The fourth-order valence-electron chi connectivity index (χ4n) is 2.21. The molecule has 5 heteroatoms. The van der Waals surface area contributed by atoms with E-state index in [1.807, 2.05) is 0 Å². The summed E-state index contributed by atoms with van der Waals surface area (Å²) < 4.78 is 10.3. The summed E-state index contributed by atoms with van der Waals surface area (Å²) in [6.45, 7) is 0. The lowest BCUT2D eigenvalue weighted by atomic mass is 10.0. The summed E-state index contributed by atoms with van der Waals surface area (Å²) in [7, 11) is 1.50. The third-order valence-electron chi connectivity index (χ3n) is 3.23. The SMILES string of the molecule is COc1ccc(-c2c(O)c3ccccc3oc2=O)cc1Cl. The van der Waals surface area contributed by atoms with Gasteiger partial charge < -0.3 is 14.3 Å². The van der Waals surface area contributed by atoms with E-state index in [0.29, 0.717) is 27.3 Å². The van der Waals surface area contributed by atoms with E-state index in [9.17, 15) is 9.90 Å². The highest BCUT2D eigenvalue weighted by atomic mass is 35.5. The van der Waals surface area contributed by atoms with Gasteiger partial charge >= 0.3 is 5.63 Å². The number of hydrogen-bond donors (Lipinski definition) is 1.